The van der Waals surface area contributed by atoms with Crippen molar-refractivity contribution in [3.05, 3.63) is 220 Å². The Morgan fingerprint density at radius 1 is 0.371 bits per heavy atom. The standard InChI is InChI=1S/C85H94BN3/c1-78(2,3)55-32-37-60(38-33-55)87(61-39-34-56(35-40-61)79(4,5)6)62-49-73-75-74(50-62)89-77-69(84(18)42-26-27-43-85(84,89)19)47-59(82(13,14)15)48-71(77)86(75)70-52-68-66(63-41-36-57(80(7,8)9)46-67(63)83(68,16)17)51-72(70)88(73)76-64(53-28-22-20-23-29-53)44-58(81(10,11)12)45-65(76)54-30-24-21-25-31-54/h20-25,28-41,44-52H,26-27,42-43H2,1-19H3. The molecule has 9 aromatic carbocycles. The molecule has 452 valence electrons. The molecular weight excluding hydrogens is 1070 g/mol. The lowest BCUT2D eigenvalue weighted by Gasteiger charge is -2.53. The molecule has 0 amide bonds. The van der Waals surface area contributed by atoms with Crippen molar-refractivity contribution in [2.45, 2.75) is 201 Å². The minimum Gasteiger partial charge on any atom is -0.335 e. The van der Waals surface area contributed by atoms with Crippen LogP contribution >= 0.6 is 0 Å². The molecule has 0 saturated heterocycles. The lowest BCUT2D eigenvalue weighted by atomic mass is 9.33. The number of rotatable bonds is 6. The van der Waals surface area contributed by atoms with Gasteiger partial charge in [0.15, 0.2) is 0 Å². The Morgan fingerprint density at radius 2 is 0.843 bits per heavy atom. The molecule has 9 aromatic rings. The van der Waals surface area contributed by atoms with Gasteiger partial charge in [-0.3, -0.25) is 0 Å². The Balaban J connectivity index is 1.19. The number of hydrogen-bond acceptors (Lipinski definition) is 3. The van der Waals surface area contributed by atoms with E-state index in [9.17, 15) is 0 Å². The van der Waals surface area contributed by atoms with Crippen molar-refractivity contribution in [3.8, 4) is 33.4 Å². The van der Waals surface area contributed by atoms with E-state index in [0.29, 0.717) is 0 Å². The van der Waals surface area contributed by atoms with Gasteiger partial charge in [-0.1, -0.05) is 259 Å². The van der Waals surface area contributed by atoms with Gasteiger partial charge < -0.3 is 14.7 Å². The first-order valence-electron chi connectivity index (χ1n) is 33.4. The third-order valence-corrected chi connectivity index (χ3v) is 22.2. The van der Waals surface area contributed by atoms with E-state index in [1.807, 2.05) is 0 Å². The lowest BCUT2D eigenvalue weighted by Crippen LogP contribution is -2.64. The van der Waals surface area contributed by atoms with E-state index in [1.165, 1.54) is 136 Å². The van der Waals surface area contributed by atoms with Crippen molar-refractivity contribution in [3.63, 3.8) is 0 Å². The molecule has 2 aliphatic carbocycles. The molecule has 0 N–H and O–H groups in total. The summed E-state index contributed by atoms with van der Waals surface area (Å²) in [5.74, 6) is 0. The summed E-state index contributed by atoms with van der Waals surface area (Å²) in [5.41, 5.74) is 32.0. The molecule has 2 atom stereocenters. The molecule has 89 heavy (non-hydrogen) atoms. The fourth-order valence-electron chi connectivity index (χ4n) is 16.5. The highest BCUT2D eigenvalue weighted by Crippen LogP contribution is 2.64. The van der Waals surface area contributed by atoms with E-state index in [-0.39, 0.29) is 50.2 Å². The van der Waals surface area contributed by atoms with Crippen LogP contribution in [0.25, 0.3) is 33.4 Å². The van der Waals surface area contributed by atoms with E-state index in [2.05, 4.69) is 322 Å². The van der Waals surface area contributed by atoms with E-state index < -0.39 is 0 Å². The third-order valence-electron chi connectivity index (χ3n) is 22.2. The van der Waals surface area contributed by atoms with Crippen molar-refractivity contribution in [2.24, 2.45) is 0 Å². The molecule has 3 heterocycles. The zero-order chi connectivity index (χ0) is 63.1. The van der Waals surface area contributed by atoms with Crippen LogP contribution in [-0.4, -0.2) is 12.3 Å². The summed E-state index contributed by atoms with van der Waals surface area (Å²) in [7, 11) is 0. The highest BCUT2D eigenvalue weighted by molar-refractivity contribution is 7.00. The van der Waals surface area contributed by atoms with E-state index in [4.69, 9.17) is 0 Å². The van der Waals surface area contributed by atoms with Crippen molar-refractivity contribution < 1.29 is 0 Å². The van der Waals surface area contributed by atoms with Crippen LogP contribution in [0, 0.1) is 0 Å². The molecule has 3 nitrogen and oxygen atoms in total. The molecular formula is C85H94BN3. The second kappa shape index (κ2) is 19.7. The highest BCUT2D eigenvalue weighted by Gasteiger charge is 2.62. The zero-order valence-electron chi connectivity index (χ0n) is 57.0. The van der Waals surface area contributed by atoms with Crippen LogP contribution in [0.3, 0.4) is 0 Å². The zero-order valence-corrected chi connectivity index (χ0v) is 57.0. The molecule has 2 unspecified atom stereocenters. The van der Waals surface area contributed by atoms with Crippen LogP contribution in [0.5, 0.6) is 0 Å². The molecule has 0 bridgehead atoms. The van der Waals surface area contributed by atoms with Crippen molar-refractivity contribution in [2.75, 3.05) is 14.7 Å². The van der Waals surface area contributed by atoms with Gasteiger partial charge in [-0.2, -0.15) is 0 Å². The number of benzene rings is 9. The maximum absolute atomic E-state index is 2.95. The van der Waals surface area contributed by atoms with Crippen LogP contribution in [0.2, 0.25) is 0 Å². The van der Waals surface area contributed by atoms with Gasteiger partial charge in [0.05, 0.1) is 16.9 Å². The molecule has 1 fully saturated rings. The molecule has 0 spiro atoms. The smallest absolute Gasteiger partial charge is 0.252 e. The first kappa shape index (κ1) is 59.1. The fraction of sp³-hybridized carbons (Fsp3) is 0.365. The van der Waals surface area contributed by atoms with E-state index >= 15 is 0 Å². The second-order valence-corrected chi connectivity index (χ2v) is 33.4. The largest absolute Gasteiger partial charge is 0.335 e. The minimum absolute atomic E-state index is 0.000585. The Kier molecular flexibility index (Phi) is 13.1. The van der Waals surface area contributed by atoms with Crippen LogP contribution in [0.4, 0.5) is 45.5 Å². The van der Waals surface area contributed by atoms with Crippen LogP contribution < -0.4 is 31.1 Å². The Bertz CT molecular complexity index is 4200. The van der Waals surface area contributed by atoms with Gasteiger partial charge in [0.25, 0.3) is 6.71 Å². The Labute approximate surface area is 534 Å². The summed E-state index contributed by atoms with van der Waals surface area (Å²) in [6.07, 6.45) is 4.69. The first-order chi connectivity index (χ1) is 41.8. The lowest BCUT2D eigenvalue weighted by molar-refractivity contribution is 0.195. The number of fused-ring (bicyclic) bond motifs is 10. The molecule has 0 aromatic heterocycles. The molecule has 5 aliphatic rings. The fourth-order valence-corrected chi connectivity index (χ4v) is 16.5. The number of hydrogen-bond donors (Lipinski definition) is 0. The topological polar surface area (TPSA) is 9.72 Å². The summed E-state index contributed by atoms with van der Waals surface area (Å²) in [4.78, 5) is 8.35. The average Bonchev–Trinajstić information content (AvgIpc) is 1.13. The first-order valence-corrected chi connectivity index (χ1v) is 33.4. The van der Waals surface area contributed by atoms with Gasteiger partial charge in [-0.15, -0.1) is 0 Å². The second-order valence-electron chi connectivity index (χ2n) is 33.4. The molecule has 1 saturated carbocycles. The normalized spacial score (nSPS) is 18.9. The summed E-state index contributed by atoms with van der Waals surface area (Å²) in [6, 6.07) is 70.2. The van der Waals surface area contributed by atoms with Gasteiger partial charge in [-0.05, 0) is 185 Å². The minimum atomic E-state index is -0.255. The quantitative estimate of drug-likeness (QED) is 0.154. The Morgan fingerprint density at radius 3 is 1.37 bits per heavy atom. The maximum Gasteiger partial charge on any atom is 0.252 e. The van der Waals surface area contributed by atoms with Crippen LogP contribution in [0.15, 0.2) is 176 Å². The van der Waals surface area contributed by atoms with Crippen molar-refractivity contribution in [1.82, 2.24) is 0 Å². The van der Waals surface area contributed by atoms with Gasteiger partial charge >= 0.3 is 0 Å². The van der Waals surface area contributed by atoms with E-state index in [1.54, 1.807) is 0 Å². The third kappa shape index (κ3) is 9.08. The average molecular weight is 1170 g/mol. The van der Waals surface area contributed by atoms with Crippen LogP contribution in [-0.2, 0) is 37.9 Å². The summed E-state index contributed by atoms with van der Waals surface area (Å²) in [5, 5.41) is 0. The predicted octanol–water partition coefficient (Wildman–Crippen LogP) is 21.6. The van der Waals surface area contributed by atoms with Crippen LogP contribution in [0.1, 0.15) is 202 Å². The molecule has 3 aliphatic heterocycles. The molecule has 0 radical (unpaired) electrons. The van der Waals surface area contributed by atoms with Gasteiger partial charge in [0.2, 0.25) is 0 Å². The SMILES string of the molecule is CC(C)(C)c1ccc(N(c2ccc(C(C)(C)C)cc2)c2cc3c4c(c2)N2c5c(cc(C(C)(C)C)cc5C5(C)CCCCC25C)B4c2cc4c(cc2N3c2c(-c3ccccc3)cc(C(C)(C)C)cc2-c2ccccc2)-c2ccc(C(C)(C)C)cc2C4(C)C)cc1. The molecule has 14 rings (SSSR count). The van der Waals surface area contributed by atoms with Gasteiger partial charge in [0.1, 0.15) is 0 Å². The molecule has 4 heteroatoms. The predicted molar refractivity (Wildman–Crippen MR) is 385 cm³/mol. The highest BCUT2D eigenvalue weighted by atomic mass is 15.3. The van der Waals surface area contributed by atoms with Gasteiger partial charge in [-0.25, -0.2) is 0 Å². The monoisotopic (exact) mass is 1170 g/mol. The summed E-state index contributed by atoms with van der Waals surface area (Å²) in [6.45, 7) is 45.7. The van der Waals surface area contributed by atoms with Crippen molar-refractivity contribution >= 4 is 68.6 Å². The van der Waals surface area contributed by atoms with Gasteiger partial charge in [0, 0.05) is 56.1 Å². The Hall–Kier alpha value is -7.56. The summed E-state index contributed by atoms with van der Waals surface area (Å²) >= 11 is 0. The number of anilines is 8. The summed E-state index contributed by atoms with van der Waals surface area (Å²) < 4.78 is 0. The number of nitrogens with zero attached hydrogens (tertiary/aromatic N) is 3. The van der Waals surface area contributed by atoms with Crippen molar-refractivity contribution in [1.29, 1.82) is 0 Å². The van der Waals surface area contributed by atoms with E-state index in [0.717, 1.165) is 29.9 Å². The maximum atomic E-state index is 2.95.